The Balaban J connectivity index is 1.63. The van der Waals surface area contributed by atoms with E-state index < -0.39 is 39.0 Å². The van der Waals surface area contributed by atoms with Crippen LogP contribution in [0.2, 0.25) is 18.1 Å². The molecule has 0 saturated carbocycles. The number of aliphatic imine (C=N–C) groups is 2. The van der Waals surface area contributed by atoms with Crippen LogP contribution in [0.3, 0.4) is 0 Å². The highest BCUT2D eigenvalue weighted by molar-refractivity contribution is 6.74. The normalized spacial score (nSPS) is 34.7. The van der Waals surface area contributed by atoms with E-state index in [1.165, 1.54) is 0 Å². The Hall–Kier alpha value is -1.49. The van der Waals surface area contributed by atoms with E-state index in [1.807, 2.05) is 0 Å². The van der Waals surface area contributed by atoms with E-state index in [0.29, 0.717) is 13.0 Å². The van der Waals surface area contributed by atoms with Gasteiger partial charge in [-0.15, -0.1) is 0 Å². The lowest BCUT2D eigenvalue weighted by Crippen LogP contribution is -2.55. The number of rotatable bonds is 4. The maximum Gasteiger partial charge on any atom is 0.255 e. The van der Waals surface area contributed by atoms with Crippen molar-refractivity contribution in [3.63, 3.8) is 0 Å². The van der Waals surface area contributed by atoms with Crippen molar-refractivity contribution >= 4 is 26.5 Å². The number of fused-ring (bicyclic) bond motifs is 1. The SMILES string of the molecule is CC(C)(C)[Si](C)(C)OC[C@H]1O[C@@H](N2C=NC3C(=O)NC(N)=NC32)C[C@H]1O. The van der Waals surface area contributed by atoms with Gasteiger partial charge >= 0.3 is 0 Å². The molecule has 3 aliphatic rings. The van der Waals surface area contributed by atoms with Gasteiger partial charge in [-0.2, -0.15) is 0 Å². The van der Waals surface area contributed by atoms with Crippen LogP contribution in [0.5, 0.6) is 0 Å². The maximum atomic E-state index is 12.0. The number of guanidine groups is 1. The van der Waals surface area contributed by atoms with E-state index in [9.17, 15) is 9.90 Å². The van der Waals surface area contributed by atoms with Crippen molar-refractivity contribution in [2.45, 2.75) is 76.0 Å². The first kappa shape index (κ1) is 19.3. The van der Waals surface area contributed by atoms with Crippen LogP contribution in [-0.2, 0) is 14.0 Å². The molecule has 0 aromatic rings. The van der Waals surface area contributed by atoms with Crippen molar-refractivity contribution in [2.24, 2.45) is 15.7 Å². The molecule has 0 bridgehead atoms. The van der Waals surface area contributed by atoms with E-state index in [4.69, 9.17) is 14.9 Å². The average Bonchev–Trinajstić information content (AvgIpc) is 3.07. The number of nitrogens with zero attached hydrogens (tertiary/aromatic N) is 3. The van der Waals surface area contributed by atoms with Crippen molar-refractivity contribution in [1.82, 2.24) is 10.2 Å². The number of aliphatic hydroxyl groups excluding tert-OH is 1. The Morgan fingerprint density at radius 1 is 1.50 bits per heavy atom. The summed E-state index contributed by atoms with van der Waals surface area (Å²) in [7, 11) is -1.92. The van der Waals surface area contributed by atoms with Crippen molar-refractivity contribution in [3.8, 4) is 0 Å². The third kappa shape index (κ3) is 3.50. The molecule has 0 spiro atoms. The van der Waals surface area contributed by atoms with Gasteiger partial charge in [-0.1, -0.05) is 20.8 Å². The lowest BCUT2D eigenvalue weighted by atomic mass is 10.1. The highest BCUT2D eigenvalue weighted by Gasteiger charge is 2.47. The summed E-state index contributed by atoms with van der Waals surface area (Å²) in [5, 5.41) is 13.0. The lowest BCUT2D eigenvalue weighted by molar-refractivity contribution is -0.123. The van der Waals surface area contributed by atoms with Gasteiger partial charge in [-0.25, -0.2) is 4.99 Å². The molecular weight excluding hydrogens is 354 g/mol. The van der Waals surface area contributed by atoms with E-state index >= 15 is 0 Å². The number of ether oxygens (including phenoxy) is 1. The standard InChI is InChI=1S/C16H29N5O4Si/c1-16(2,3)26(4,5)24-7-10-9(22)6-11(25-10)21-8-18-12-13(21)19-15(17)20-14(12)23/h8-13,22H,6-7H2,1-5H3,(H3,17,19,20,23)/t9-,10-,11-,12?,13?/m1/s1. The number of nitrogens with one attached hydrogen (secondary N) is 1. The van der Waals surface area contributed by atoms with Gasteiger partial charge in [0.05, 0.1) is 19.0 Å². The van der Waals surface area contributed by atoms with E-state index in [-0.39, 0.29) is 16.9 Å². The maximum absolute atomic E-state index is 12.0. The largest absolute Gasteiger partial charge is 0.414 e. The predicted octanol–water partition coefficient (Wildman–Crippen LogP) is -0.0328. The number of nitrogens with two attached hydrogens (primary N) is 1. The zero-order chi connectivity index (χ0) is 19.3. The summed E-state index contributed by atoms with van der Waals surface area (Å²) in [5.41, 5.74) is 5.66. The Labute approximate surface area is 154 Å². The Morgan fingerprint density at radius 2 is 2.19 bits per heavy atom. The zero-order valence-electron chi connectivity index (χ0n) is 16.0. The van der Waals surface area contributed by atoms with Gasteiger partial charge in [0.25, 0.3) is 5.91 Å². The number of carbonyl (C=O) groups excluding carboxylic acids is 1. The van der Waals surface area contributed by atoms with Crippen molar-refractivity contribution in [2.75, 3.05) is 6.61 Å². The summed E-state index contributed by atoms with van der Waals surface area (Å²) in [5.74, 6) is -0.208. The first-order valence-corrected chi connectivity index (χ1v) is 11.8. The number of carbonyl (C=O) groups is 1. The van der Waals surface area contributed by atoms with Gasteiger partial charge < -0.3 is 24.9 Å². The van der Waals surface area contributed by atoms with Crippen molar-refractivity contribution in [1.29, 1.82) is 0 Å². The monoisotopic (exact) mass is 383 g/mol. The first-order chi connectivity index (χ1) is 12.0. The summed E-state index contributed by atoms with van der Waals surface area (Å²) < 4.78 is 12.2. The average molecular weight is 384 g/mol. The second-order valence-corrected chi connectivity index (χ2v) is 13.4. The van der Waals surface area contributed by atoms with Crippen LogP contribution in [0.15, 0.2) is 9.98 Å². The quantitative estimate of drug-likeness (QED) is 0.586. The van der Waals surface area contributed by atoms with E-state index in [2.05, 4.69) is 49.2 Å². The number of hydrogen-bond donors (Lipinski definition) is 3. The van der Waals surface area contributed by atoms with Crippen LogP contribution < -0.4 is 11.1 Å². The predicted molar refractivity (Wildman–Crippen MR) is 100 cm³/mol. The van der Waals surface area contributed by atoms with Gasteiger partial charge in [-0.3, -0.25) is 15.1 Å². The minimum Gasteiger partial charge on any atom is -0.414 e. The minimum absolute atomic E-state index is 0.0723. The molecule has 0 aliphatic carbocycles. The van der Waals surface area contributed by atoms with Gasteiger partial charge in [0.1, 0.15) is 12.3 Å². The van der Waals surface area contributed by atoms with Gasteiger partial charge in [0, 0.05) is 6.42 Å². The van der Waals surface area contributed by atoms with Crippen LogP contribution in [0, 0.1) is 0 Å². The summed E-state index contributed by atoms with van der Waals surface area (Å²) in [6, 6.07) is -0.634. The third-order valence-corrected chi connectivity index (χ3v) is 10.2. The van der Waals surface area contributed by atoms with Gasteiger partial charge in [-0.05, 0) is 18.1 Å². The molecule has 3 rings (SSSR count). The van der Waals surface area contributed by atoms with E-state index in [1.54, 1.807) is 11.2 Å². The van der Waals surface area contributed by atoms with Gasteiger partial charge in [0.15, 0.2) is 26.5 Å². The van der Waals surface area contributed by atoms with Crippen molar-refractivity contribution in [3.05, 3.63) is 0 Å². The molecule has 9 nitrogen and oxygen atoms in total. The molecule has 4 N–H and O–H groups in total. The molecule has 0 radical (unpaired) electrons. The summed E-state index contributed by atoms with van der Waals surface area (Å²) in [6.45, 7) is 11.2. The highest BCUT2D eigenvalue weighted by Crippen LogP contribution is 2.37. The molecule has 1 saturated heterocycles. The van der Waals surface area contributed by atoms with Crippen LogP contribution in [0.4, 0.5) is 0 Å². The van der Waals surface area contributed by atoms with Crippen LogP contribution in [-0.4, -0.2) is 73.8 Å². The highest BCUT2D eigenvalue weighted by atomic mass is 28.4. The summed E-state index contributed by atoms with van der Waals surface area (Å²) in [6.07, 6.45) is -0.0416. The molecule has 2 unspecified atom stereocenters. The van der Waals surface area contributed by atoms with Crippen molar-refractivity contribution < 1.29 is 19.1 Å². The molecule has 146 valence electrons. The fourth-order valence-electron chi connectivity index (χ4n) is 2.97. The lowest BCUT2D eigenvalue weighted by Gasteiger charge is -2.37. The molecule has 1 fully saturated rings. The van der Waals surface area contributed by atoms with Crippen LogP contribution >= 0.6 is 0 Å². The molecule has 0 aromatic carbocycles. The molecule has 0 aromatic heterocycles. The topological polar surface area (TPSA) is 122 Å². The second-order valence-electron chi connectivity index (χ2n) is 8.58. The molecule has 26 heavy (non-hydrogen) atoms. The smallest absolute Gasteiger partial charge is 0.255 e. The Morgan fingerprint density at radius 3 is 2.85 bits per heavy atom. The zero-order valence-corrected chi connectivity index (χ0v) is 17.0. The van der Waals surface area contributed by atoms with Gasteiger partial charge in [0.2, 0.25) is 0 Å². The van der Waals surface area contributed by atoms with Crippen LogP contribution in [0.1, 0.15) is 27.2 Å². The molecule has 3 heterocycles. The first-order valence-electron chi connectivity index (χ1n) is 8.92. The number of aliphatic hydroxyl groups is 1. The third-order valence-electron chi connectivity index (χ3n) is 5.69. The fourth-order valence-corrected chi connectivity index (χ4v) is 3.99. The second kappa shape index (κ2) is 6.59. The number of amides is 1. The molecule has 5 atom stereocenters. The fraction of sp³-hybridized carbons (Fsp3) is 0.812. The minimum atomic E-state index is -1.92. The number of hydrogen-bond acceptors (Lipinski definition) is 8. The van der Waals surface area contributed by atoms with E-state index in [0.717, 1.165) is 0 Å². The molecule has 10 heteroatoms. The van der Waals surface area contributed by atoms with Crippen LogP contribution in [0.25, 0.3) is 0 Å². The summed E-state index contributed by atoms with van der Waals surface area (Å²) in [4.78, 5) is 22.2. The Bertz CT molecular complexity index is 633. The Kier molecular flexibility index (Phi) is 4.89. The molecule has 3 aliphatic heterocycles. The summed E-state index contributed by atoms with van der Waals surface area (Å²) >= 11 is 0. The molecular formula is C16H29N5O4Si. The molecule has 1 amide bonds.